The first-order valence-electron chi connectivity index (χ1n) is 5.80. The molecule has 18 heavy (non-hydrogen) atoms. The molecule has 0 radical (unpaired) electrons. The number of aromatic carboxylic acids is 1. The number of nitrogens with one attached hydrogen (secondary N) is 1. The predicted octanol–water partition coefficient (Wildman–Crippen LogP) is 3.59. The summed E-state index contributed by atoms with van der Waals surface area (Å²) in [6, 6.07) is 9.10. The number of rotatable bonds is 4. The molecule has 0 saturated heterocycles. The van der Waals surface area contributed by atoms with Crippen LogP contribution in [0.25, 0.3) is 0 Å². The smallest absolute Gasteiger partial charge is 0.371 e. The number of hydrogen-bond acceptors (Lipinski definition) is 3. The quantitative estimate of drug-likeness (QED) is 0.864. The van der Waals surface area contributed by atoms with Crippen LogP contribution in [0.1, 0.15) is 28.6 Å². The van der Waals surface area contributed by atoms with Gasteiger partial charge >= 0.3 is 5.97 Å². The van der Waals surface area contributed by atoms with E-state index in [1.54, 1.807) is 6.07 Å². The van der Waals surface area contributed by atoms with Crippen molar-refractivity contribution in [2.24, 2.45) is 0 Å². The molecule has 94 valence electrons. The fraction of sp³-hybridized carbons (Fsp3) is 0.214. The number of hydrogen-bond donors (Lipinski definition) is 2. The van der Waals surface area contributed by atoms with Crippen LogP contribution in [0.4, 0.5) is 11.6 Å². The molecule has 0 bridgehead atoms. The lowest BCUT2D eigenvalue weighted by Gasteiger charge is -2.11. The minimum atomic E-state index is -1.07. The lowest BCUT2D eigenvalue weighted by molar-refractivity contribution is 0.0663. The van der Waals surface area contributed by atoms with Crippen molar-refractivity contribution >= 4 is 17.5 Å². The summed E-state index contributed by atoms with van der Waals surface area (Å²) >= 11 is 0. The molecule has 0 atom stereocenters. The molecule has 0 aliphatic carbocycles. The summed E-state index contributed by atoms with van der Waals surface area (Å²) in [5, 5.41) is 11.9. The fourth-order valence-corrected chi connectivity index (χ4v) is 1.85. The third-order valence-electron chi connectivity index (χ3n) is 2.80. The highest BCUT2D eigenvalue weighted by Gasteiger charge is 2.11. The Bertz CT molecular complexity index is 572. The summed E-state index contributed by atoms with van der Waals surface area (Å²) in [5.41, 5.74) is 3.25. The first kappa shape index (κ1) is 12.2. The topological polar surface area (TPSA) is 62.5 Å². The molecule has 2 aromatic rings. The predicted molar refractivity (Wildman–Crippen MR) is 69.5 cm³/mol. The molecule has 0 spiro atoms. The van der Waals surface area contributed by atoms with Gasteiger partial charge in [0.15, 0.2) is 5.88 Å². The largest absolute Gasteiger partial charge is 0.475 e. The molecule has 4 nitrogen and oxygen atoms in total. The molecule has 0 aliphatic heterocycles. The number of para-hydroxylation sites is 1. The summed E-state index contributed by atoms with van der Waals surface area (Å²) in [7, 11) is 0. The molecular formula is C14H15NO3. The maximum Gasteiger partial charge on any atom is 0.371 e. The molecular weight excluding hydrogens is 230 g/mol. The molecule has 1 aromatic heterocycles. The van der Waals surface area contributed by atoms with E-state index in [1.165, 1.54) is 11.6 Å². The van der Waals surface area contributed by atoms with Gasteiger partial charge in [-0.05, 0) is 30.5 Å². The van der Waals surface area contributed by atoms with Gasteiger partial charge in [-0.3, -0.25) is 0 Å². The van der Waals surface area contributed by atoms with Gasteiger partial charge < -0.3 is 14.8 Å². The minimum absolute atomic E-state index is 0.0656. The maximum atomic E-state index is 10.7. The van der Waals surface area contributed by atoms with Crippen molar-refractivity contribution in [1.29, 1.82) is 0 Å². The van der Waals surface area contributed by atoms with Crippen molar-refractivity contribution in [3.8, 4) is 0 Å². The van der Waals surface area contributed by atoms with Gasteiger partial charge in [-0.1, -0.05) is 25.1 Å². The summed E-state index contributed by atoms with van der Waals surface area (Å²) in [4.78, 5) is 10.7. The molecule has 4 heteroatoms. The van der Waals surface area contributed by atoms with Crippen LogP contribution in [0, 0.1) is 6.92 Å². The van der Waals surface area contributed by atoms with E-state index in [9.17, 15) is 4.79 Å². The first-order chi connectivity index (χ1) is 8.61. The van der Waals surface area contributed by atoms with Gasteiger partial charge in [-0.25, -0.2) is 4.79 Å². The number of carbonyl (C=O) groups is 1. The molecule has 0 fully saturated rings. The molecule has 2 rings (SSSR count). The van der Waals surface area contributed by atoms with Crippen molar-refractivity contribution < 1.29 is 14.3 Å². The third-order valence-corrected chi connectivity index (χ3v) is 2.80. The lowest BCUT2D eigenvalue weighted by atomic mass is 10.1. The highest BCUT2D eigenvalue weighted by molar-refractivity contribution is 5.85. The fourth-order valence-electron chi connectivity index (χ4n) is 1.85. The summed E-state index contributed by atoms with van der Waals surface area (Å²) < 4.78 is 5.19. The van der Waals surface area contributed by atoms with Crippen LogP contribution in [0.15, 0.2) is 34.7 Å². The van der Waals surface area contributed by atoms with Crippen LogP contribution in [0.3, 0.4) is 0 Å². The monoisotopic (exact) mass is 245 g/mol. The number of aryl methyl sites for hydroxylation is 2. The standard InChI is InChI=1S/C14H15NO3/c1-3-10-6-4-5-9(2)13(10)15-12-8-7-11(18-12)14(16)17/h4-8,15H,3H2,1-2H3,(H,16,17). The van der Waals surface area contributed by atoms with Gasteiger partial charge in [-0.2, -0.15) is 0 Å². The zero-order chi connectivity index (χ0) is 13.1. The SMILES string of the molecule is CCc1cccc(C)c1Nc1ccc(C(=O)O)o1. The Labute approximate surface area is 105 Å². The van der Waals surface area contributed by atoms with Gasteiger partial charge in [0.05, 0.1) is 0 Å². The number of furan rings is 1. The Balaban J connectivity index is 2.30. The normalized spacial score (nSPS) is 10.3. The molecule has 0 amide bonds. The van der Waals surface area contributed by atoms with E-state index >= 15 is 0 Å². The van der Waals surface area contributed by atoms with Crippen molar-refractivity contribution in [1.82, 2.24) is 0 Å². The van der Waals surface area contributed by atoms with Crippen LogP contribution in [-0.2, 0) is 6.42 Å². The molecule has 0 aliphatic rings. The highest BCUT2D eigenvalue weighted by Crippen LogP contribution is 2.26. The Morgan fingerprint density at radius 2 is 2.11 bits per heavy atom. The minimum Gasteiger partial charge on any atom is -0.475 e. The average molecular weight is 245 g/mol. The molecule has 2 N–H and O–H groups in total. The van der Waals surface area contributed by atoms with E-state index in [0.29, 0.717) is 5.88 Å². The van der Waals surface area contributed by atoms with Crippen molar-refractivity contribution in [3.63, 3.8) is 0 Å². The second-order valence-corrected chi connectivity index (χ2v) is 4.06. The van der Waals surface area contributed by atoms with Crippen LogP contribution < -0.4 is 5.32 Å². The number of benzene rings is 1. The molecule has 1 heterocycles. The van der Waals surface area contributed by atoms with Gasteiger partial charge in [0.1, 0.15) is 0 Å². The van der Waals surface area contributed by atoms with E-state index < -0.39 is 5.97 Å². The van der Waals surface area contributed by atoms with E-state index in [1.807, 2.05) is 25.1 Å². The van der Waals surface area contributed by atoms with E-state index in [4.69, 9.17) is 9.52 Å². The van der Waals surface area contributed by atoms with E-state index in [-0.39, 0.29) is 5.76 Å². The van der Waals surface area contributed by atoms with Crippen LogP contribution in [0.2, 0.25) is 0 Å². The zero-order valence-electron chi connectivity index (χ0n) is 10.4. The summed E-state index contributed by atoms with van der Waals surface area (Å²) in [5.74, 6) is -0.691. The maximum absolute atomic E-state index is 10.7. The molecule has 1 aromatic carbocycles. The second kappa shape index (κ2) is 4.96. The Hall–Kier alpha value is -2.23. The van der Waals surface area contributed by atoms with Crippen LogP contribution in [0.5, 0.6) is 0 Å². The van der Waals surface area contributed by atoms with Crippen molar-refractivity contribution in [3.05, 3.63) is 47.2 Å². The Morgan fingerprint density at radius 1 is 1.33 bits per heavy atom. The highest BCUT2D eigenvalue weighted by atomic mass is 16.4. The van der Waals surface area contributed by atoms with Gasteiger partial charge in [0, 0.05) is 11.8 Å². The molecule has 0 saturated carbocycles. The lowest BCUT2D eigenvalue weighted by Crippen LogP contribution is -1.97. The third kappa shape index (κ3) is 2.37. The average Bonchev–Trinajstić information content (AvgIpc) is 2.80. The first-order valence-corrected chi connectivity index (χ1v) is 5.80. The zero-order valence-corrected chi connectivity index (χ0v) is 10.4. The summed E-state index contributed by atoms with van der Waals surface area (Å²) in [6.45, 7) is 4.08. The number of carboxylic acid groups (broad SMARTS) is 1. The number of anilines is 2. The van der Waals surface area contributed by atoms with Crippen molar-refractivity contribution in [2.75, 3.05) is 5.32 Å². The number of carboxylic acids is 1. The second-order valence-electron chi connectivity index (χ2n) is 4.06. The van der Waals surface area contributed by atoms with Gasteiger partial charge in [0.25, 0.3) is 0 Å². The van der Waals surface area contributed by atoms with Crippen LogP contribution >= 0.6 is 0 Å². The Morgan fingerprint density at radius 3 is 2.72 bits per heavy atom. The van der Waals surface area contributed by atoms with E-state index in [0.717, 1.165) is 17.7 Å². The molecule has 0 unspecified atom stereocenters. The Kier molecular flexibility index (Phi) is 3.37. The van der Waals surface area contributed by atoms with Crippen molar-refractivity contribution in [2.45, 2.75) is 20.3 Å². The van der Waals surface area contributed by atoms with Gasteiger partial charge in [0.2, 0.25) is 5.76 Å². The van der Waals surface area contributed by atoms with Gasteiger partial charge in [-0.15, -0.1) is 0 Å². The van der Waals surface area contributed by atoms with E-state index in [2.05, 4.69) is 12.2 Å². The van der Waals surface area contributed by atoms with Crippen LogP contribution in [-0.4, -0.2) is 11.1 Å². The summed E-state index contributed by atoms with van der Waals surface area (Å²) in [6.07, 6.45) is 0.899.